The van der Waals surface area contributed by atoms with E-state index in [9.17, 15) is 0 Å². The van der Waals surface area contributed by atoms with E-state index in [2.05, 4.69) is 45.5 Å². The summed E-state index contributed by atoms with van der Waals surface area (Å²) in [7, 11) is 0. The van der Waals surface area contributed by atoms with E-state index < -0.39 is 0 Å². The van der Waals surface area contributed by atoms with E-state index in [4.69, 9.17) is 10.5 Å². The van der Waals surface area contributed by atoms with Crippen LogP contribution >= 0.6 is 0 Å². The fourth-order valence-electron chi connectivity index (χ4n) is 3.59. The van der Waals surface area contributed by atoms with Crippen molar-refractivity contribution in [3.05, 3.63) is 35.9 Å². The van der Waals surface area contributed by atoms with Crippen LogP contribution < -0.4 is 11.1 Å². The van der Waals surface area contributed by atoms with Crippen LogP contribution in [0.2, 0.25) is 0 Å². The first kappa shape index (κ1) is 17.2. The normalized spacial score (nSPS) is 25.8. The number of rotatable bonds is 6. The average molecular weight is 330 g/mol. The Hall–Kier alpha value is -1.59. The molecule has 0 aliphatic carbocycles. The number of piperidine rings is 1. The van der Waals surface area contributed by atoms with Crippen molar-refractivity contribution in [3.8, 4) is 0 Å². The van der Waals surface area contributed by atoms with Gasteiger partial charge in [-0.1, -0.05) is 30.3 Å². The van der Waals surface area contributed by atoms with Gasteiger partial charge < -0.3 is 15.8 Å². The highest BCUT2D eigenvalue weighted by Gasteiger charge is 2.20. The highest BCUT2D eigenvalue weighted by molar-refractivity contribution is 5.77. The summed E-state index contributed by atoms with van der Waals surface area (Å²) in [6.45, 7) is 5.80. The summed E-state index contributed by atoms with van der Waals surface area (Å²) in [6, 6.07) is 10.7. The first-order chi connectivity index (χ1) is 11.8. The highest BCUT2D eigenvalue weighted by atomic mass is 16.5. The number of guanidine groups is 1. The quantitative estimate of drug-likeness (QED) is 0.618. The molecule has 5 heteroatoms. The zero-order chi connectivity index (χ0) is 16.6. The second-order valence-corrected chi connectivity index (χ2v) is 6.97. The van der Waals surface area contributed by atoms with Gasteiger partial charge in [-0.15, -0.1) is 0 Å². The number of nitrogens with one attached hydrogen (secondary N) is 1. The number of aliphatic imine (C=N–C) groups is 1. The molecule has 0 saturated carbocycles. The summed E-state index contributed by atoms with van der Waals surface area (Å²) < 4.78 is 5.59. The smallest absolute Gasteiger partial charge is 0.188 e. The van der Waals surface area contributed by atoms with Gasteiger partial charge in [-0.05, 0) is 43.7 Å². The Morgan fingerprint density at radius 2 is 2.12 bits per heavy atom. The van der Waals surface area contributed by atoms with Crippen LogP contribution in [0.3, 0.4) is 0 Å². The van der Waals surface area contributed by atoms with Crippen molar-refractivity contribution in [2.45, 2.75) is 38.3 Å². The Morgan fingerprint density at radius 1 is 1.25 bits per heavy atom. The lowest BCUT2D eigenvalue weighted by atomic mass is 9.98. The number of ether oxygens (including phenoxy) is 1. The van der Waals surface area contributed by atoms with Crippen LogP contribution in [0.25, 0.3) is 0 Å². The lowest BCUT2D eigenvalue weighted by molar-refractivity contribution is 0.114. The molecule has 0 unspecified atom stereocenters. The number of hydrogen-bond donors (Lipinski definition) is 2. The standard InChI is InChI=1S/C19H30N4O/c20-19(22-13-18-9-5-11-24-18)21-12-17-8-4-10-23(15-17)14-16-6-2-1-3-7-16/h1-3,6-7,17-18H,4-5,8-15H2,(H3,20,21,22)/t17-,18-/m0/s1. The van der Waals surface area contributed by atoms with Crippen LogP contribution in [0.4, 0.5) is 0 Å². The Kier molecular flexibility index (Phi) is 6.49. The van der Waals surface area contributed by atoms with Gasteiger partial charge in [0.05, 0.1) is 6.10 Å². The molecule has 2 saturated heterocycles. The highest BCUT2D eigenvalue weighted by Crippen LogP contribution is 2.19. The first-order valence-electron chi connectivity index (χ1n) is 9.21. The number of nitrogens with two attached hydrogens (primary N) is 1. The molecule has 2 aliphatic rings. The first-order valence-corrected chi connectivity index (χ1v) is 9.21. The van der Waals surface area contributed by atoms with Crippen molar-refractivity contribution in [3.63, 3.8) is 0 Å². The van der Waals surface area contributed by atoms with E-state index >= 15 is 0 Å². The Morgan fingerprint density at radius 3 is 2.92 bits per heavy atom. The van der Waals surface area contributed by atoms with E-state index in [-0.39, 0.29) is 0 Å². The molecule has 132 valence electrons. The zero-order valence-electron chi connectivity index (χ0n) is 14.5. The van der Waals surface area contributed by atoms with Crippen LogP contribution in [0, 0.1) is 5.92 Å². The van der Waals surface area contributed by atoms with Crippen molar-refractivity contribution < 1.29 is 4.74 Å². The summed E-state index contributed by atoms with van der Waals surface area (Å²) in [5.41, 5.74) is 7.39. The largest absolute Gasteiger partial charge is 0.376 e. The van der Waals surface area contributed by atoms with E-state index in [0.717, 1.165) is 45.6 Å². The van der Waals surface area contributed by atoms with Crippen LogP contribution in [-0.2, 0) is 11.3 Å². The van der Waals surface area contributed by atoms with Gasteiger partial charge in [0.2, 0.25) is 0 Å². The van der Waals surface area contributed by atoms with Gasteiger partial charge in [-0.3, -0.25) is 9.89 Å². The molecule has 0 radical (unpaired) electrons. The molecule has 0 spiro atoms. The van der Waals surface area contributed by atoms with Crippen molar-refractivity contribution in [2.75, 3.05) is 32.8 Å². The van der Waals surface area contributed by atoms with Gasteiger partial charge >= 0.3 is 0 Å². The molecule has 2 fully saturated rings. The molecule has 3 N–H and O–H groups in total. The van der Waals surface area contributed by atoms with Gasteiger partial charge in [0.25, 0.3) is 0 Å². The third-order valence-electron chi connectivity index (χ3n) is 4.91. The molecular formula is C19H30N4O. The summed E-state index contributed by atoms with van der Waals surface area (Å²) in [5.74, 6) is 1.16. The summed E-state index contributed by atoms with van der Waals surface area (Å²) in [6.07, 6.45) is 5.07. The van der Waals surface area contributed by atoms with Gasteiger partial charge in [0, 0.05) is 32.8 Å². The molecule has 5 nitrogen and oxygen atoms in total. The lowest BCUT2D eigenvalue weighted by Gasteiger charge is -2.32. The van der Waals surface area contributed by atoms with Gasteiger partial charge in [0.15, 0.2) is 5.96 Å². The number of benzene rings is 1. The molecule has 0 amide bonds. The molecule has 1 aromatic carbocycles. The third-order valence-corrected chi connectivity index (χ3v) is 4.91. The summed E-state index contributed by atoms with van der Waals surface area (Å²) >= 11 is 0. The minimum absolute atomic E-state index is 0.301. The second kappa shape index (κ2) is 9.04. The van der Waals surface area contributed by atoms with Crippen molar-refractivity contribution in [1.29, 1.82) is 0 Å². The maximum Gasteiger partial charge on any atom is 0.188 e. The SMILES string of the molecule is NC(=NC[C@@H]1CCCN(Cc2ccccc2)C1)NC[C@@H]1CCCO1. The zero-order valence-corrected chi connectivity index (χ0v) is 14.5. The number of hydrogen-bond acceptors (Lipinski definition) is 3. The fraction of sp³-hybridized carbons (Fsp3) is 0.632. The Labute approximate surface area is 145 Å². The minimum Gasteiger partial charge on any atom is -0.376 e. The van der Waals surface area contributed by atoms with Crippen molar-refractivity contribution in [2.24, 2.45) is 16.6 Å². The number of likely N-dealkylation sites (tertiary alicyclic amines) is 1. The van der Waals surface area contributed by atoms with Crippen LogP contribution in [0.5, 0.6) is 0 Å². The third kappa shape index (κ3) is 5.49. The molecule has 24 heavy (non-hydrogen) atoms. The topological polar surface area (TPSA) is 62.9 Å². The monoisotopic (exact) mass is 330 g/mol. The van der Waals surface area contributed by atoms with Crippen LogP contribution in [0.15, 0.2) is 35.3 Å². The summed E-state index contributed by atoms with van der Waals surface area (Å²) in [4.78, 5) is 7.09. The lowest BCUT2D eigenvalue weighted by Crippen LogP contribution is -2.39. The average Bonchev–Trinajstić information content (AvgIpc) is 3.13. The summed E-state index contributed by atoms with van der Waals surface area (Å²) in [5, 5.41) is 3.20. The Balaban J connectivity index is 1.40. The molecule has 3 rings (SSSR count). The van der Waals surface area contributed by atoms with Gasteiger partial charge in [-0.2, -0.15) is 0 Å². The Bertz CT molecular complexity index is 513. The molecule has 1 aromatic rings. The van der Waals surface area contributed by atoms with E-state index in [1.165, 1.54) is 24.9 Å². The van der Waals surface area contributed by atoms with E-state index in [0.29, 0.717) is 18.0 Å². The van der Waals surface area contributed by atoms with Crippen LogP contribution in [0.1, 0.15) is 31.2 Å². The van der Waals surface area contributed by atoms with E-state index in [1.54, 1.807) is 0 Å². The molecule has 0 bridgehead atoms. The molecular weight excluding hydrogens is 300 g/mol. The van der Waals surface area contributed by atoms with Gasteiger partial charge in [0.1, 0.15) is 0 Å². The predicted molar refractivity (Wildman–Crippen MR) is 97.9 cm³/mol. The fourth-order valence-corrected chi connectivity index (χ4v) is 3.59. The molecule has 2 aliphatic heterocycles. The van der Waals surface area contributed by atoms with Gasteiger partial charge in [-0.25, -0.2) is 0 Å². The predicted octanol–water partition coefficient (Wildman–Crippen LogP) is 1.98. The van der Waals surface area contributed by atoms with Crippen LogP contribution in [-0.4, -0.2) is 49.7 Å². The molecule has 2 heterocycles. The maximum atomic E-state index is 6.00. The molecule has 0 aromatic heterocycles. The number of nitrogens with zero attached hydrogens (tertiary/aromatic N) is 2. The van der Waals surface area contributed by atoms with Crippen molar-refractivity contribution >= 4 is 5.96 Å². The molecule has 2 atom stereocenters. The maximum absolute atomic E-state index is 6.00. The minimum atomic E-state index is 0.301. The second-order valence-electron chi connectivity index (χ2n) is 6.97. The van der Waals surface area contributed by atoms with Crippen molar-refractivity contribution in [1.82, 2.24) is 10.2 Å². The van der Waals surface area contributed by atoms with E-state index in [1.807, 2.05) is 0 Å².